The van der Waals surface area contributed by atoms with Crippen LogP contribution in [0, 0.1) is 0 Å². The zero-order valence-corrected chi connectivity index (χ0v) is 18.0. The fourth-order valence-corrected chi connectivity index (χ4v) is 3.74. The fourth-order valence-electron chi connectivity index (χ4n) is 3.74. The first kappa shape index (κ1) is 22.9. The monoisotopic (exact) mass is 396 g/mol. The molecule has 0 aromatic heterocycles. The maximum absolute atomic E-state index is 11.9. The summed E-state index contributed by atoms with van der Waals surface area (Å²) in [7, 11) is 0. The van der Waals surface area contributed by atoms with Gasteiger partial charge in [0.2, 0.25) is 5.91 Å². The Bertz CT molecular complexity index is 483. The molecule has 1 amide bonds. The molecule has 28 heavy (non-hydrogen) atoms. The SMILES string of the molecule is CCNC(=NCCCN1CCC(O)CC1)N1CCN(CC(=O)NC(C)C)CC1. The van der Waals surface area contributed by atoms with Gasteiger partial charge in [-0.2, -0.15) is 0 Å². The summed E-state index contributed by atoms with van der Waals surface area (Å²) in [4.78, 5) is 23.7. The predicted molar refractivity (Wildman–Crippen MR) is 114 cm³/mol. The molecule has 0 atom stereocenters. The molecule has 0 aliphatic carbocycles. The second-order valence-electron chi connectivity index (χ2n) is 8.15. The van der Waals surface area contributed by atoms with Crippen molar-refractivity contribution >= 4 is 11.9 Å². The molecule has 2 aliphatic heterocycles. The maximum Gasteiger partial charge on any atom is 0.234 e. The second-order valence-corrected chi connectivity index (χ2v) is 8.15. The number of piperidine rings is 1. The number of aliphatic imine (C=N–C) groups is 1. The number of aliphatic hydroxyl groups excluding tert-OH is 1. The van der Waals surface area contributed by atoms with E-state index in [9.17, 15) is 9.90 Å². The Morgan fingerprint density at radius 1 is 1.11 bits per heavy atom. The first-order valence-electron chi connectivity index (χ1n) is 10.9. The van der Waals surface area contributed by atoms with Gasteiger partial charge >= 0.3 is 0 Å². The van der Waals surface area contributed by atoms with Gasteiger partial charge in [-0.05, 0) is 46.6 Å². The second kappa shape index (κ2) is 12.2. The third-order valence-corrected chi connectivity index (χ3v) is 5.27. The summed E-state index contributed by atoms with van der Waals surface area (Å²) in [6, 6.07) is 0.191. The number of carbonyl (C=O) groups excluding carboxylic acids is 1. The first-order valence-corrected chi connectivity index (χ1v) is 10.9. The fraction of sp³-hybridized carbons (Fsp3) is 0.900. The molecule has 8 heteroatoms. The zero-order valence-electron chi connectivity index (χ0n) is 18.0. The van der Waals surface area contributed by atoms with Crippen LogP contribution in [0.3, 0.4) is 0 Å². The van der Waals surface area contributed by atoms with E-state index in [0.29, 0.717) is 6.54 Å². The molecular formula is C20H40N6O2. The molecule has 0 saturated carbocycles. The minimum Gasteiger partial charge on any atom is -0.393 e. The molecular weight excluding hydrogens is 356 g/mol. The van der Waals surface area contributed by atoms with Crippen molar-refractivity contribution in [2.75, 3.05) is 65.4 Å². The smallest absolute Gasteiger partial charge is 0.234 e. The van der Waals surface area contributed by atoms with Gasteiger partial charge in [0.25, 0.3) is 0 Å². The summed E-state index contributed by atoms with van der Waals surface area (Å²) < 4.78 is 0. The number of hydrogen-bond acceptors (Lipinski definition) is 5. The lowest BCUT2D eigenvalue weighted by atomic mass is 10.1. The van der Waals surface area contributed by atoms with Crippen LogP contribution in [0.25, 0.3) is 0 Å². The third kappa shape index (κ3) is 8.32. The van der Waals surface area contributed by atoms with Crippen LogP contribution in [0.2, 0.25) is 0 Å². The standard InChI is InChI=1S/C20H40N6O2/c1-4-21-20(22-8-5-9-24-10-6-18(27)7-11-24)26-14-12-25(13-15-26)16-19(28)23-17(2)3/h17-18,27H,4-16H2,1-3H3,(H,21,22)(H,23,28). The van der Waals surface area contributed by atoms with Crippen molar-refractivity contribution in [1.29, 1.82) is 0 Å². The number of piperazine rings is 1. The number of guanidine groups is 1. The van der Waals surface area contributed by atoms with Crippen LogP contribution in [0.1, 0.15) is 40.0 Å². The number of hydrogen-bond donors (Lipinski definition) is 3. The van der Waals surface area contributed by atoms with Gasteiger partial charge in [-0.15, -0.1) is 0 Å². The van der Waals surface area contributed by atoms with E-state index in [1.807, 2.05) is 13.8 Å². The van der Waals surface area contributed by atoms with Gasteiger partial charge in [0.1, 0.15) is 0 Å². The van der Waals surface area contributed by atoms with Gasteiger partial charge in [-0.25, -0.2) is 0 Å². The van der Waals surface area contributed by atoms with E-state index in [1.165, 1.54) is 0 Å². The zero-order chi connectivity index (χ0) is 20.4. The van der Waals surface area contributed by atoms with Crippen molar-refractivity contribution in [1.82, 2.24) is 25.3 Å². The normalized spacial score (nSPS) is 20.6. The number of aliphatic hydroxyl groups is 1. The minimum absolute atomic E-state index is 0.106. The minimum atomic E-state index is -0.107. The lowest BCUT2D eigenvalue weighted by Crippen LogP contribution is -2.54. The van der Waals surface area contributed by atoms with Crippen molar-refractivity contribution in [2.45, 2.75) is 52.2 Å². The molecule has 162 valence electrons. The van der Waals surface area contributed by atoms with E-state index in [1.54, 1.807) is 0 Å². The third-order valence-electron chi connectivity index (χ3n) is 5.27. The van der Waals surface area contributed by atoms with Gasteiger partial charge < -0.3 is 25.5 Å². The predicted octanol–water partition coefficient (Wildman–Crippen LogP) is -0.0591. The number of nitrogens with zero attached hydrogens (tertiary/aromatic N) is 4. The van der Waals surface area contributed by atoms with Crippen molar-refractivity contribution in [3.63, 3.8) is 0 Å². The Morgan fingerprint density at radius 2 is 1.79 bits per heavy atom. The van der Waals surface area contributed by atoms with E-state index in [-0.39, 0.29) is 18.1 Å². The Labute approximate surface area is 170 Å². The molecule has 2 heterocycles. The van der Waals surface area contributed by atoms with Gasteiger partial charge in [-0.3, -0.25) is 14.7 Å². The summed E-state index contributed by atoms with van der Waals surface area (Å²) in [6.07, 6.45) is 2.72. The summed E-state index contributed by atoms with van der Waals surface area (Å²) in [5, 5.41) is 16.0. The van der Waals surface area contributed by atoms with E-state index in [4.69, 9.17) is 4.99 Å². The maximum atomic E-state index is 11.9. The quantitative estimate of drug-likeness (QED) is 0.303. The van der Waals surface area contributed by atoms with Crippen molar-refractivity contribution in [3.05, 3.63) is 0 Å². The van der Waals surface area contributed by atoms with Crippen LogP contribution in [-0.2, 0) is 4.79 Å². The van der Waals surface area contributed by atoms with E-state index in [0.717, 1.165) is 84.1 Å². The van der Waals surface area contributed by atoms with E-state index >= 15 is 0 Å². The molecule has 0 unspecified atom stereocenters. The number of nitrogens with one attached hydrogen (secondary N) is 2. The summed E-state index contributed by atoms with van der Waals surface area (Å²) in [5.74, 6) is 1.09. The van der Waals surface area contributed by atoms with Crippen LogP contribution < -0.4 is 10.6 Å². The van der Waals surface area contributed by atoms with Gasteiger partial charge in [0.15, 0.2) is 5.96 Å². The lowest BCUT2D eigenvalue weighted by Gasteiger charge is -2.36. The van der Waals surface area contributed by atoms with Crippen molar-refractivity contribution in [3.8, 4) is 0 Å². The van der Waals surface area contributed by atoms with Crippen LogP contribution in [0.4, 0.5) is 0 Å². The molecule has 8 nitrogen and oxygen atoms in total. The molecule has 2 saturated heterocycles. The molecule has 0 aromatic rings. The highest BCUT2D eigenvalue weighted by Crippen LogP contribution is 2.10. The lowest BCUT2D eigenvalue weighted by molar-refractivity contribution is -0.123. The van der Waals surface area contributed by atoms with E-state index in [2.05, 4.69) is 32.3 Å². The highest BCUT2D eigenvalue weighted by molar-refractivity contribution is 5.80. The molecule has 0 aromatic carbocycles. The Kier molecular flexibility index (Phi) is 10.0. The topological polar surface area (TPSA) is 83.4 Å². The molecule has 3 N–H and O–H groups in total. The number of rotatable bonds is 8. The van der Waals surface area contributed by atoms with Crippen molar-refractivity contribution < 1.29 is 9.90 Å². The van der Waals surface area contributed by atoms with Crippen LogP contribution >= 0.6 is 0 Å². The van der Waals surface area contributed by atoms with Crippen LogP contribution in [0.15, 0.2) is 4.99 Å². The van der Waals surface area contributed by atoms with Gasteiger partial charge in [0.05, 0.1) is 12.6 Å². The van der Waals surface area contributed by atoms with Gasteiger partial charge in [0, 0.05) is 58.4 Å². The largest absolute Gasteiger partial charge is 0.393 e. The summed E-state index contributed by atoms with van der Waals surface area (Å²) in [5.41, 5.74) is 0. The average molecular weight is 397 g/mol. The summed E-state index contributed by atoms with van der Waals surface area (Å²) in [6.45, 7) is 14.8. The first-order chi connectivity index (χ1) is 13.5. The van der Waals surface area contributed by atoms with Crippen LogP contribution in [-0.4, -0.2) is 109 Å². The van der Waals surface area contributed by atoms with E-state index < -0.39 is 0 Å². The number of likely N-dealkylation sites (tertiary alicyclic amines) is 1. The molecule has 2 rings (SSSR count). The number of amides is 1. The number of carbonyl (C=O) groups is 1. The summed E-state index contributed by atoms with van der Waals surface area (Å²) >= 11 is 0. The molecule has 2 aliphatic rings. The van der Waals surface area contributed by atoms with Crippen LogP contribution in [0.5, 0.6) is 0 Å². The highest BCUT2D eigenvalue weighted by Gasteiger charge is 2.21. The Balaban J connectivity index is 1.71. The van der Waals surface area contributed by atoms with Gasteiger partial charge in [-0.1, -0.05) is 0 Å². The average Bonchev–Trinajstić information content (AvgIpc) is 2.66. The van der Waals surface area contributed by atoms with Crippen molar-refractivity contribution in [2.24, 2.45) is 4.99 Å². The molecule has 0 radical (unpaired) electrons. The molecule has 2 fully saturated rings. The highest BCUT2D eigenvalue weighted by atomic mass is 16.3. The Morgan fingerprint density at radius 3 is 2.39 bits per heavy atom. The molecule has 0 bridgehead atoms. The molecule has 0 spiro atoms. The Hall–Kier alpha value is -1.38.